The fourth-order valence-corrected chi connectivity index (χ4v) is 2.46. The second-order valence-corrected chi connectivity index (χ2v) is 5.63. The van der Waals surface area contributed by atoms with E-state index in [9.17, 15) is 9.18 Å². The van der Waals surface area contributed by atoms with E-state index in [2.05, 4.69) is 0 Å². The summed E-state index contributed by atoms with van der Waals surface area (Å²) in [5.41, 5.74) is 1.93. The monoisotopic (exact) mass is 315 g/mol. The van der Waals surface area contributed by atoms with Crippen LogP contribution < -0.4 is 4.74 Å². The van der Waals surface area contributed by atoms with Crippen molar-refractivity contribution >= 4 is 6.09 Å². The van der Waals surface area contributed by atoms with Gasteiger partial charge >= 0.3 is 6.09 Å². The van der Waals surface area contributed by atoms with Gasteiger partial charge in [-0.3, -0.25) is 0 Å². The van der Waals surface area contributed by atoms with Crippen molar-refractivity contribution in [3.63, 3.8) is 0 Å². The smallest absolute Gasteiger partial charge is 0.410 e. The largest absolute Gasteiger partial charge is 0.489 e. The Hall–Kier alpha value is -2.56. The van der Waals surface area contributed by atoms with Gasteiger partial charge in [0.05, 0.1) is 6.54 Å². The van der Waals surface area contributed by atoms with E-state index in [1.807, 2.05) is 31.2 Å². The second kappa shape index (κ2) is 6.69. The second-order valence-electron chi connectivity index (χ2n) is 5.63. The maximum Gasteiger partial charge on any atom is 0.410 e. The van der Waals surface area contributed by atoms with Crippen LogP contribution >= 0.6 is 0 Å². The minimum absolute atomic E-state index is 0.0548. The Morgan fingerprint density at radius 2 is 1.78 bits per heavy atom. The van der Waals surface area contributed by atoms with Crippen LogP contribution in [-0.2, 0) is 17.9 Å². The van der Waals surface area contributed by atoms with E-state index in [4.69, 9.17) is 9.47 Å². The molecule has 2 aromatic rings. The van der Waals surface area contributed by atoms with Crippen molar-refractivity contribution in [3.8, 4) is 5.75 Å². The fourth-order valence-electron chi connectivity index (χ4n) is 2.46. The molecular weight excluding hydrogens is 297 g/mol. The molecule has 0 N–H and O–H groups in total. The molecule has 1 atom stereocenters. The van der Waals surface area contributed by atoms with Crippen LogP contribution in [0.15, 0.2) is 48.5 Å². The quantitative estimate of drug-likeness (QED) is 0.843. The molecule has 1 saturated heterocycles. The number of nitrogens with zero attached hydrogens (tertiary/aromatic N) is 1. The van der Waals surface area contributed by atoms with Gasteiger partial charge in [-0.2, -0.15) is 0 Å². The first-order valence-corrected chi connectivity index (χ1v) is 7.52. The normalized spacial score (nSPS) is 17.2. The van der Waals surface area contributed by atoms with Crippen molar-refractivity contribution in [1.82, 2.24) is 4.90 Å². The van der Waals surface area contributed by atoms with Gasteiger partial charge in [0.2, 0.25) is 0 Å². The van der Waals surface area contributed by atoms with Crippen LogP contribution in [0, 0.1) is 5.82 Å². The molecule has 1 fully saturated rings. The van der Waals surface area contributed by atoms with Gasteiger partial charge in [0.15, 0.2) is 0 Å². The number of cyclic esters (lactones) is 1. The van der Waals surface area contributed by atoms with E-state index >= 15 is 0 Å². The van der Waals surface area contributed by atoms with E-state index in [1.165, 1.54) is 12.1 Å². The van der Waals surface area contributed by atoms with Crippen LogP contribution in [-0.4, -0.2) is 23.6 Å². The van der Waals surface area contributed by atoms with Gasteiger partial charge < -0.3 is 14.4 Å². The van der Waals surface area contributed by atoms with Crippen LogP contribution in [0.25, 0.3) is 0 Å². The molecule has 3 rings (SSSR count). The highest BCUT2D eigenvalue weighted by atomic mass is 19.1. The third kappa shape index (κ3) is 4.00. The summed E-state index contributed by atoms with van der Waals surface area (Å²) >= 11 is 0. The zero-order chi connectivity index (χ0) is 16.2. The molecule has 0 radical (unpaired) electrons. The van der Waals surface area contributed by atoms with E-state index in [-0.39, 0.29) is 18.0 Å². The van der Waals surface area contributed by atoms with Crippen molar-refractivity contribution < 1.29 is 18.7 Å². The Balaban J connectivity index is 1.54. The molecule has 1 unspecified atom stereocenters. The average molecular weight is 315 g/mol. The number of hydrogen-bond donors (Lipinski definition) is 0. The number of carbonyl (C=O) groups excluding carboxylic acids is 1. The molecule has 1 amide bonds. The molecule has 0 spiro atoms. The van der Waals surface area contributed by atoms with E-state index in [1.54, 1.807) is 17.0 Å². The number of carbonyl (C=O) groups is 1. The van der Waals surface area contributed by atoms with E-state index in [0.29, 0.717) is 19.7 Å². The highest BCUT2D eigenvalue weighted by Gasteiger charge is 2.27. The predicted molar refractivity (Wildman–Crippen MR) is 83.5 cm³/mol. The fraction of sp³-hybridized carbons (Fsp3) is 0.278. The zero-order valence-corrected chi connectivity index (χ0v) is 12.9. The lowest BCUT2D eigenvalue weighted by Crippen LogP contribution is -2.24. The first-order chi connectivity index (χ1) is 11.1. The minimum Gasteiger partial charge on any atom is -0.489 e. The summed E-state index contributed by atoms with van der Waals surface area (Å²) < 4.78 is 23.6. The van der Waals surface area contributed by atoms with Crippen LogP contribution in [0.2, 0.25) is 0 Å². The van der Waals surface area contributed by atoms with Crippen LogP contribution in [0.1, 0.15) is 18.1 Å². The zero-order valence-electron chi connectivity index (χ0n) is 12.9. The third-order valence-corrected chi connectivity index (χ3v) is 3.65. The highest BCUT2D eigenvalue weighted by Crippen LogP contribution is 2.18. The number of amides is 1. The van der Waals surface area contributed by atoms with Crippen molar-refractivity contribution in [3.05, 3.63) is 65.5 Å². The van der Waals surface area contributed by atoms with Crippen molar-refractivity contribution in [2.45, 2.75) is 26.2 Å². The highest BCUT2D eigenvalue weighted by molar-refractivity contribution is 5.69. The molecule has 0 saturated carbocycles. The molecule has 1 aliphatic rings. The van der Waals surface area contributed by atoms with Crippen molar-refractivity contribution in [2.24, 2.45) is 0 Å². The van der Waals surface area contributed by atoms with Crippen LogP contribution in [0.5, 0.6) is 5.75 Å². The molecule has 2 aromatic carbocycles. The number of halogens is 1. The summed E-state index contributed by atoms with van der Waals surface area (Å²) in [6.07, 6.45) is -0.324. The van der Waals surface area contributed by atoms with Gasteiger partial charge in [0.1, 0.15) is 24.3 Å². The third-order valence-electron chi connectivity index (χ3n) is 3.65. The SMILES string of the molecule is CC1CN(Cc2ccc(OCc3ccc(F)cc3)cc2)C(=O)O1. The lowest BCUT2D eigenvalue weighted by Gasteiger charge is -2.13. The average Bonchev–Trinajstić information content (AvgIpc) is 2.86. The van der Waals surface area contributed by atoms with E-state index in [0.717, 1.165) is 16.9 Å². The maximum atomic E-state index is 12.8. The van der Waals surface area contributed by atoms with Gasteiger partial charge in [0.25, 0.3) is 0 Å². The number of ether oxygens (including phenoxy) is 2. The topological polar surface area (TPSA) is 38.8 Å². The summed E-state index contributed by atoms with van der Waals surface area (Å²) in [5, 5.41) is 0. The predicted octanol–water partition coefficient (Wildman–Crippen LogP) is 3.75. The maximum absolute atomic E-state index is 12.8. The van der Waals surface area contributed by atoms with Crippen molar-refractivity contribution in [1.29, 1.82) is 0 Å². The summed E-state index contributed by atoms with van der Waals surface area (Å²) in [6, 6.07) is 13.8. The molecule has 1 aliphatic heterocycles. The Bertz CT molecular complexity index is 670. The molecule has 0 aromatic heterocycles. The van der Waals surface area contributed by atoms with Gasteiger partial charge in [-0.05, 0) is 42.3 Å². The van der Waals surface area contributed by atoms with E-state index < -0.39 is 0 Å². The standard InChI is InChI=1S/C18H18FNO3/c1-13-10-20(18(21)23-13)11-14-4-8-17(9-5-14)22-12-15-2-6-16(19)7-3-15/h2-9,13H,10-12H2,1H3. The molecule has 1 heterocycles. The summed E-state index contributed by atoms with van der Waals surface area (Å²) in [6.45, 7) is 3.41. The van der Waals surface area contributed by atoms with Crippen LogP contribution in [0.3, 0.4) is 0 Å². The molecule has 23 heavy (non-hydrogen) atoms. The van der Waals surface area contributed by atoms with Crippen LogP contribution in [0.4, 0.5) is 9.18 Å². The van der Waals surface area contributed by atoms with Gasteiger partial charge in [-0.25, -0.2) is 9.18 Å². The Morgan fingerprint density at radius 1 is 1.13 bits per heavy atom. The van der Waals surface area contributed by atoms with Crippen molar-refractivity contribution in [2.75, 3.05) is 6.54 Å². The Labute approximate surface area is 134 Å². The number of hydrogen-bond acceptors (Lipinski definition) is 3. The first kappa shape index (κ1) is 15.3. The number of rotatable bonds is 5. The molecule has 5 heteroatoms. The summed E-state index contributed by atoms with van der Waals surface area (Å²) in [7, 11) is 0. The summed E-state index contributed by atoms with van der Waals surface area (Å²) in [4.78, 5) is 13.3. The number of benzene rings is 2. The lowest BCUT2D eigenvalue weighted by molar-refractivity contribution is 0.137. The minimum atomic E-state index is -0.269. The van der Waals surface area contributed by atoms with Gasteiger partial charge in [0, 0.05) is 6.54 Å². The Kier molecular flexibility index (Phi) is 4.46. The molecule has 4 nitrogen and oxygen atoms in total. The van der Waals surface area contributed by atoms with Gasteiger partial charge in [-0.1, -0.05) is 24.3 Å². The summed E-state index contributed by atoms with van der Waals surface area (Å²) in [5.74, 6) is 0.475. The molecule has 0 aliphatic carbocycles. The molecule has 0 bridgehead atoms. The first-order valence-electron chi connectivity index (χ1n) is 7.52. The molecular formula is C18H18FNO3. The van der Waals surface area contributed by atoms with Gasteiger partial charge in [-0.15, -0.1) is 0 Å². The molecule has 120 valence electrons. The Morgan fingerprint density at radius 3 is 2.39 bits per heavy atom. The lowest BCUT2D eigenvalue weighted by atomic mass is 10.2.